The lowest BCUT2D eigenvalue weighted by Crippen LogP contribution is -2.58. The van der Waals surface area contributed by atoms with Gasteiger partial charge in [-0.25, -0.2) is 4.79 Å². The fourth-order valence-electron chi connectivity index (χ4n) is 4.98. The molecule has 0 aromatic heterocycles. The van der Waals surface area contributed by atoms with E-state index in [1.807, 2.05) is 44.9 Å². The van der Waals surface area contributed by atoms with Crippen LogP contribution in [-0.4, -0.2) is 66.3 Å². The molecule has 172 valence electrons. The Bertz CT molecular complexity index is 854. The fourth-order valence-corrected chi connectivity index (χ4v) is 5.17. The summed E-state index contributed by atoms with van der Waals surface area (Å²) < 4.78 is 11.0. The van der Waals surface area contributed by atoms with Gasteiger partial charge in [-0.3, -0.25) is 4.79 Å². The lowest BCUT2D eigenvalue weighted by Gasteiger charge is -2.47. The highest BCUT2D eigenvalue weighted by atomic mass is 35.5. The average Bonchev–Trinajstić information content (AvgIpc) is 2.98. The van der Waals surface area contributed by atoms with E-state index in [0.29, 0.717) is 18.1 Å². The van der Waals surface area contributed by atoms with Crippen molar-refractivity contribution in [2.45, 2.75) is 76.5 Å². The van der Waals surface area contributed by atoms with E-state index in [-0.39, 0.29) is 23.5 Å². The van der Waals surface area contributed by atoms with Gasteiger partial charge in [0.2, 0.25) is 0 Å². The highest BCUT2D eigenvalue weighted by Crippen LogP contribution is 2.49. The van der Waals surface area contributed by atoms with E-state index < -0.39 is 11.2 Å². The molecule has 1 aliphatic carbocycles. The Morgan fingerprint density at radius 2 is 1.77 bits per heavy atom. The van der Waals surface area contributed by atoms with Crippen molar-refractivity contribution in [3.05, 3.63) is 34.3 Å². The number of methoxy groups -OCH3 is 1. The summed E-state index contributed by atoms with van der Waals surface area (Å²) in [6.45, 7) is 10.4. The van der Waals surface area contributed by atoms with Gasteiger partial charge in [-0.2, -0.15) is 0 Å². The molecule has 1 heterocycles. The number of nitrogens with zero attached hydrogens (tertiary/aromatic N) is 2. The molecular formula is C24H35ClN2O4. The second-order valence-electron chi connectivity index (χ2n) is 10.3. The number of likely N-dealkylation sites (tertiary alicyclic amines) is 1. The number of likely N-dealkylation sites (N-methyl/N-ethyl adjacent to an activating group) is 1. The van der Waals surface area contributed by atoms with Crippen molar-refractivity contribution >= 4 is 23.6 Å². The summed E-state index contributed by atoms with van der Waals surface area (Å²) in [7, 11) is 3.42. The van der Waals surface area contributed by atoms with Crippen molar-refractivity contribution in [2.24, 2.45) is 0 Å². The molecule has 1 atom stereocenters. The molecule has 31 heavy (non-hydrogen) atoms. The van der Waals surface area contributed by atoms with Crippen LogP contribution in [0.2, 0.25) is 5.02 Å². The van der Waals surface area contributed by atoms with Crippen molar-refractivity contribution in [2.75, 3.05) is 27.2 Å². The molecule has 0 bridgehead atoms. The van der Waals surface area contributed by atoms with Gasteiger partial charge in [-0.05, 0) is 77.1 Å². The van der Waals surface area contributed by atoms with Crippen LogP contribution in [0.25, 0.3) is 0 Å². The summed E-state index contributed by atoms with van der Waals surface area (Å²) in [5, 5.41) is 0.701. The fraction of sp³-hybridized carbons (Fsp3) is 0.667. The van der Waals surface area contributed by atoms with Crippen molar-refractivity contribution in [3.8, 4) is 0 Å². The van der Waals surface area contributed by atoms with Gasteiger partial charge in [0.1, 0.15) is 11.2 Å². The SMILES string of the molecule is COC(C)(C)C(=O)N(C)[C@@H]1Cc2cc(Cl)ccc2C12CCN(C(=O)OC(C)(C)C)CC2. The van der Waals surface area contributed by atoms with Gasteiger partial charge in [-0.1, -0.05) is 17.7 Å². The Morgan fingerprint density at radius 3 is 2.32 bits per heavy atom. The summed E-state index contributed by atoms with van der Waals surface area (Å²) >= 11 is 6.29. The predicted molar refractivity (Wildman–Crippen MR) is 122 cm³/mol. The smallest absolute Gasteiger partial charge is 0.410 e. The first-order valence-corrected chi connectivity index (χ1v) is 11.3. The first kappa shape index (κ1) is 23.9. The molecule has 1 aromatic rings. The van der Waals surface area contributed by atoms with Crippen molar-refractivity contribution < 1.29 is 19.1 Å². The zero-order valence-corrected chi connectivity index (χ0v) is 20.5. The van der Waals surface area contributed by atoms with E-state index >= 15 is 0 Å². The maximum Gasteiger partial charge on any atom is 0.410 e. The molecule has 7 heteroatoms. The number of amides is 2. The molecule has 0 N–H and O–H groups in total. The number of carbonyl (C=O) groups excluding carboxylic acids is 2. The van der Waals surface area contributed by atoms with Crippen LogP contribution >= 0.6 is 11.6 Å². The van der Waals surface area contributed by atoms with Crippen LogP contribution in [0, 0.1) is 0 Å². The van der Waals surface area contributed by atoms with E-state index in [0.717, 1.165) is 19.3 Å². The Hall–Kier alpha value is -1.79. The largest absolute Gasteiger partial charge is 0.444 e. The number of benzene rings is 1. The second-order valence-corrected chi connectivity index (χ2v) is 10.7. The zero-order chi connectivity index (χ0) is 23.2. The summed E-state index contributed by atoms with van der Waals surface area (Å²) in [6, 6.07) is 6.01. The van der Waals surface area contributed by atoms with Gasteiger partial charge in [0.15, 0.2) is 0 Å². The number of piperidine rings is 1. The maximum atomic E-state index is 13.2. The number of hydrogen-bond donors (Lipinski definition) is 0. The molecule has 3 rings (SSSR count). The van der Waals surface area contributed by atoms with E-state index in [9.17, 15) is 9.59 Å². The second kappa shape index (κ2) is 8.28. The third-order valence-electron chi connectivity index (χ3n) is 6.78. The number of rotatable bonds is 3. The molecule has 1 spiro atoms. The minimum atomic E-state index is -0.903. The monoisotopic (exact) mass is 450 g/mol. The van der Waals surface area contributed by atoms with Crippen LogP contribution in [0.1, 0.15) is 58.6 Å². The van der Waals surface area contributed by atoms with Gasteiger partial charge in [0.25, 0.3) is 5.91 Å². The normalized spacial score (nSPS) is 20.5. The van der Waals surface area contributed by atoms with Crippen molar-refractivity contribution in [3.63, 3.8) is 0 Å². The Balaban J connectivity index is 1.90. The minimum Gasteiger partial charge on any atom is -0.444 e. The number of carbonyl (C=O) groups is 2. The van der Waals surface area contributed by atoms with Crippen LogP contribution in [0.3, 0.4) is 0 Å². The highest BCUT2D eigenvalue weighted by molar-refractivity contribution is 6.30. The van der Waals surface area contributed by atoms with Gasteiger partial charge in [0.05, 0.1) is 0 Å². The molecule has 2 aliphatic rings. The molecule has 6 nitrogen and oxygen atoms in total. The van der Waals surface area contributed by atoms with Crippen LogP contribution in [-0.2, 0) is 26.1 Å². The van der Waals surface area contributed by atoms with Crippen LogP contribution < -0.4 is 0 Å². The third kappa shape index (κ3) is 4.56. The van der Waals surface area contributed by atoms with Crippen LogP contribution in [0.4, 0.5) is 4.79 Å². The van der Waals surface area contributed by atoms with Crippen LogP contribution in [0.5, 0.6) is 0 Å². The quantitative estimate of drug-likeness (QED) is 0.684. The topological polar surface area (TPSA) is 59.1 Å². The summed E-state index contributed by atoms with van der Waals surface area (Å²) in [4.78, 5) is 29.5. The summed E-state index contributed by atoms with van der Waals surface area (Å²) in [5.74, 6) is -0.0483. The van der Waals surface area contributed by atoms with E-state index in [4.69, 9.17) is 21.1 Å². The Kier molecular flexibility index (Phi) is 6.38. The standard InChI is InChI=1S/C24H35ClN2O4/c1-22(2,3)31-21(29)27-12-10-24(11-13-27)18-9-8-17(25)14-16(18)15-19(24)26(6)20(28)23(4,5)30-7/h8-9,14,19H,10-13,15H2,1-7H3/t19-/m1/s1. The molecule has 2 amide bonds. The first-order chi connectivity index (χ1) is 14.3. The molecule has 1 saturated heterocycles. The third-order valence-corrected chi connectivity index (χ3v) is 7.01. The average molecular weight is 451 g/mol. The molecular weight excluding hydrogens is 416 g/mol. The summed E-state index contributed by atoms with van der Waals surface area (Å²) in [5.41, 5.74) is 0.759. The lowest BCUT2D eigenvalue weighted by atomic mass is 9.70. The highest BCUT2D eigenvalue weighted by Gasteiger charge is 2.52. The van der Waals surface area contributed by atoms with Crippen LogP contribution in [0.15, 0.2) is 18.2 Å². The van der Waals surface area contributed by atoms with E-state index in [2.05, 4.69) is 6.07 Å². The minimum absolute atomic E-state index is 0.0244. The molecule has 1 aliphatic heterocycles. The molecule has 0 saturated carbocycles. The van der Waals surface area contributed by atoms with Gasteiger partial charge < -0.3 is 19.3 Å². The summed E-state index contributed by atoms with van der Waals surface area (Å²) in [6.07, 6.45) is 1.98. The van der Waals surface area contributed by atoms with Crippen molar-refractivity contribution in [1.82, 2.24) is 9.80 Å². The van der Waals surface area contributed by atoms with Gasteiger partial charge >= 0.3 is 6.09 Å². The van der Waals surface area contributed by atoms with E-state index in [1.54, 1.807) is 25.9 Å². The Labute approximate surface area is 190 Å². The van der Waals surface area contributed by atoms with E-state index in [1.165, 1.54) is 11.1 Å². The van der Waals surface area contributed by atoms with Gasteiger partial charge in [-0.15, -0.1) is 0 Å². The number of hydrogen-bond acceptors (Lipinski definition) is 4. The maximum absolute atomic E-state index is 13.2. The van der Waals surface area contributed by atoms with Crippen molar-refractivity contribution in [1.29, 1.82) is 0 Å². The zero-order valence-electron chi connectivity index (χ0n) is 19.8. The first-order valence-electron chi connectivity index (χ1n) is 10.9. The Morgan fingerprint density at radius 1 is 1.16 bits per heavy atom. The molecule has 1 aromatic carbocycles. The molecule has 1 fully saturated rings. The van der Waals surface area contributed by atoms with Gasteiger partial charge in [0, 0.05) is 43.7 Å². The lowest BCUT2D eigenvalue weighted by molar-refractivity contribution is -0.153. The number of halogens is 1. The predicted octanol–water partition coefficient (Wildman–Crippen LogP) is 4.42. The number of ether oxygens (including phenoxy) is 2. The molecule has 0 radical (unpaired) electrons. The molecule has 0 unspecified atom stereocenters. The number of fused-ring (bicyclic) bond motifs is 2.